The van der Waals surface area contributed by atoms with Gasteiger partial charge in [-0.1, -0.05) is 22.8 Å². The van der Waals surface area contributed by atoms with Crippen LogP contribution >= 0.6 is 11.6 Å². The van der Waals surface area contributed by atoms with Crippen molar-refractivity contribution < 1.29 is 44.4 Å². The van der Waals surface area contributed by atoms with Crippen LogP contribution in [0.5, 0.6) is 11.5 Å². The van der Waals surface area contributed by atoms with Gasteiger partial charge in [0, 0.05) is 12.0 Å². The molecule has 0 aromatic heterocycles. The van der Waals surface area contributed by atoms with Gasteiger partial charge in [0.25, 0.3) is 5.91 Å². The predicted octanol–water partition coefficient (Wildman–Crippen LogP) is 0.558. The molecule has 0 bridgehead atoms. The number of amides is 2. The summed E-state index contributed by atoms with van der Waals surface area (Å²) in [6, 6.07) is 6.04. The molecule has 0 saturated carbocycles. The van der Waals surface area contributed by atoms with E-state index in [1.807, 2.05) is 0 Å². The summed E-state index contributed by atoms with van der Waals surface area (Å²) in [5, 5.41) is 42.7. The van der Waals surface area contributed by atoms with Crippen molar-refractivity contribution in [2.45, 2.75) is 24.5 Å². The van der Waals surface area contributed by atoms with Crippen LogP contribution in [-0.4, -0.2) is 80.1 Å². The van der Waals surface area contributed by atoms with Gasteiger partial charge >= 0.3 is 11.9 Å². The maximum absolute atomic E-state index is 12.7. The fraction of sp³-hybridized carbons (Fsp3) is 0.261. The quantitative estimate of drug-likeness (QED) is 0.102. The lowest BCUT2D eigenvalue weighted by atomic mass is 9.97. The summed E-state index contributed by atoms with van der Waals surface area (Å²) in [6.45, 7) is -0.0910. The first-order valence-corrected chi connectivity index (χ1v) is 11.2. The third-order valence-electron chi connectivity index (χ3n) is 5.56. The highest BCUT2D eigenvalue weighted by molar-refractivity contribution is 6.45. The van der Waals surface area contributed by atoms with Crippen LogP contribution in [0.3, 0.4) is 0 Å². The van der Waals surface area contributed by atoms with Crippen LogP contribution in [-0.2, 0) is 19.2 Å². The average molecular weight is 535 g/mol. The van der Waals surface area contributed by atoms with E-state index in [2.05, 4.69) is 10.5 Å². The molecule has 37 heavy (non-hydrogen) atoms. The smallest absolute Gasteiger partial charge is 0.331 e. The van der Waals surface area contributed by atoms with Gasteiger partial charge in [0.15, 0.2) is 11.8 Å². The number of aromatic hydroxyl groups is 1. The molecule has 1 fully saturated rings. The highest BCUT2D eigenvalue weighted by Crippen LogP contribution is 2.32. The second-order valence-corrected chi connectivity index (χ2v) is 8.43. The molecule has 0 aliphatic carbocycles. The molecule has 1 heterocycles. The summed E-state index contributed by atoms with van der Waals surface area (Å²) < 4.78 is 5.40. The minimum Gasteiger partial charge on any atom is -0.506 e. The molecule has 1 aliphatic rings. The molecule has 0 spiro atoms. The number of likely N-dealkylation sites (tertiary alicyclic amines) is 1. The standard InChI is InChI=1S/C23H23ClN4O9/c24-14-9-12(3-6-17(14)29)19(23(34)35)28-10-16(21(28)31)26-20(30)18(27-36)11-1-4-13(5-2-11)37-8-7-15(25)22(32)33/h1-6,9,15-16,19,29,36H,7-8,10,25H2,(H,26,30)(H,32,33)(H,34,35)/b27-18+/t15-,16+,19-/m1/s1. The average Bonchev–Trinajstić information content (AvgIpc) is 2.86. The first kappa shape index (κ1) is 27.2. The zero-order valence-corrected chi connectivity index (χ0v) is 19.8. The number of halogens is 1. The Bertz CT molecular complexity index is 1240. The van der Waals surface area contributed by atoms with Gasteiger partial charge in [-0.3, -0.25) is 14.4 Å². The monoisotopic (exact) mass is 534 g/mol. The van der Waals surface area contributed by atoms with Gasteiger partial charge in [0.05, 0.1) is 18.2 Å². The van der Waals surface area contributed by atoms with Crippen LogP contribution < -0.4 is 15.8 Å². The molecule has 196 valence electrons. The Morgan fingerprint density at radius 3 is 2.38 bits per heavy atom. The SMILES string of the molecule is N[C@H](CCOc1ccc(/C(=N\O)C(=O)N[C@H]2CN([C@@H](C(=O)O)c3ccc(O)c(Cl)c3)C2=O)cc1)C(=O)O. The second kappa shape index (κ2) is 11.6. The Balaban J connectivity index is 1.60. The van der Waals surface area contributed by atoms with Crippen molar-refractivity contribution >= 4 is 41.1 Å². The van der Waals surface area contributed by atoms with Crippen molar-refractivity contribution in [3.05, 3.63) is 58.6 Å². The van der Waals surface area contributed by atoms with Crippen LogP contribution in [0.2, 0.25) is 5.02 Å². The van der Waals surface area contributed by atoms with Crippen molar-refractivity contribution in [1.29, 1.82) is 0 Å². The molecule has 1 saturated heterocycles. The number of nitrogens with two attached hydrogens (primary N) is 1. The zero-order valence-electron chi connectivity index (χ0n) is 19.1. The third kappa shape index (κ3) is 6.26. The lowest BCUT2D eigenvalue weighted by molar-refractivity contribution is -0.160. The number of carboxylic acid groups (broad SMARTS) is 2. The number of nitrogens with one attached hydrogen (secondary N) is 1. The van der Waals surface area contributed by atoms with E-state index < -0.39 is 47.6 Å². The molecular weight excluding hydrogens is 512 g/mol. The lowest BCUT2D eigenvalue weighted by Crippen LogP contribution is -2.66. The number of aliphatic carboxylic acids is 2. The minimum absolute atomic E-state index is 0.0439. The number of nitrogens with zero attached hydrogens (tertiary/aromatic N) is 2. The number of phenolic OH excluding ortho intramolecular Hbond substituents is 1. The van der Waals surface area contributed by atoms with Crippen LogP contribution in [0.4, 0.5) is 0 Å². The van der Waals surface area contributed by atoms with E-state index in [1.165, 1.54) is 42.5 Å². The Morgan fingerprint density at radius 1 is 1.16 bits per heavy atom. The number of carbonyl (C=O) groups is 4. The largest absolute Gasteiger partial charge is 0.506 e. The number of oxime groups is 1. The maximum Gasteiger partial charge on any atom is 0.331 e. The molecule has 0 unspecified atom stereocenters. The number of benzene rings is 2. The van der Waals surface area contributed by atoms with Gasteiger partial charge in [-0.25, -0.2) is 4.79 Å². The molecule has 3 rings (SSSR count). The van der Waals surface area contributed by atoms with E-state index in [9.17, 15) is 34.6 Å². The molecule has 13 nitrogen and oxygen atoms in total. The minimum atomic E-state index is -1.39. The lowest BCUT2D eigenvalue weighted by Gasteiger charge is -2.42. The molecule has 3 atom stereocenters. The molecule has 0 radical (unpaired) electrons. The molecule has 1 aliphatic heterocycles. The molecule has 14 heteroatoms. The van der Waals surface area contributed by atoms with Crippen molar-refractivity contribution in [2.75, 3.05) is 13.2 Å². The van der Waals surface area contributed by atoms with E-state index in [0.29, 0.717) is 5.75 Å². The molecule has 2 aromatic rings. The van der Waals surface area contributed by atoms with Gasteiger partial charge in [0.2, 0.25) is 5.91 Å². The Kier molecular flexibility index (Phi) is 8.52. The van der Waals surface area contributed by atoms with Crippen LogP contribution in [0.15, 0.2) is 47.6 Å². The van der Waals surface area contributed by atoms with Gasteiger partial charge in [-0.05, 0) is 42.0 Å². The summed E-state index contributed by atoms with van der Waals surface area (Å²) in [5.41, 5.74) is 5.37. The molecule has 7 N–H and O–H groups in total. The number of carboxylic acids is 2. The van der Waals surface area contributed by atoms with Gasteiger partial charge < -0.3 is 41.2 Å². The molecule has 2 amide bonds. The number of ether oxygens (including phenoxy) is 1. The Labute approximate surface area is 214 Å². The summed E-state index contributed by atoms with van der Waals surface area (Å²) in [5.74, 6) is -3.91. The summed E-state index contributed by atoms with van der Waals surface area (Å²) in [6.07, 6.45) is 0.0811. The number of β-lactam (4-membered cyclic amide) rings is 1. The van der Waals surface area contributed by atoms with E-state index in [-0.39, 0.29) is 41.5 Å². The Hall–Kier alpha value is -4.36. The Morgan fingerprint density at radius 2 is 1.84 bits per heavy atom. The first-order chi connectivity index (χ1) is 17.5. The van der Waals surface area contributed by atoms with E-state index in [0.717, 1.165) is 4.90 Å². The number of phenols is 1. The number of hydrogen-bond donors (Lipinski definition) is 6. The number of hydrogen-bond acceptors (Lipinski definition) is 9. The zero-order chi connectivity index (χ0) is 27.3. The van der Waals surface area contributed by atoms with Gasteiger partial charge in [-0.15, -0.1) is 0 Å². The summed E-state index contributed by atoms with van der Waals surface area (Å²) >= 11 is 5.86. The topological polar surface area (TPSA) is 212 Å². The predicted molar refractivity (Wildman–Crippen MR) is 128 cm³/mol. The van der Waals surface area contributed by atoms with Crippen molar-refractivity contribution in [3.8, 4) is 11.5 Å². The first-order valence-electron chi connectivity index (χ1n) is 10.8. The summed E-state index contributed by atoms with van der Waals surface area (Å²) in [7, 11) is 0. The van der Waals surface area contributed by atoms with Crippen molar-refractivity contribution in [3.63, 3.8) is 0 Å². The summed E-state index contributed by atoms with van der Waals surface area (Å²) in [4.78, 5) is 48.9. The van der Waals surface area contributed by atoms with E-state index in [4.69, 9.17) is 27.2 Å². The fourth-order valence-corrected chi connectivity index (χ4v) is 3.73. The van der Waals surface area contributed by atoms with E-state index in [1.54, 1.807) is 0 Å². The van der Waals surface area contributed by atoms with Crippen molar-refractivity contribution in [2.24, 2.45) is 10.9 Å². The highest BCUT2D eigenvalue weighted by Gasteiger charge is 2.45. The normalized spacial score (nSPS) is 16.9. The van der Waals surface area contributed by atoms with Gasteiger partial charge in [0.1, 0.15) is 23.6 Å². The van der Waals surface area contributed by atoms with Crippen LogP contribution in [0.25, 0.3) is 0 Å². The van der Waals surface area contributed by atoms with Crippen molar-refractivity contribution in [1.82, 2.24) is 10.2 Å². The number of carbonyl (C=O) groups excluding carboxylic acids is 2. The maximum atomic E-state index is 12.7. The second-order valence-electron chi connectivity index (χ2n) is 8.02. The van der Waals surface area contributed by atoms with Gasteiger partial charge in [-0.2, -0.15) is 0 Å². The highest BCUT2D eigenvalue weighted by atomic mass is 35.5. The molecule has 2 aromatic carbocycles. The van der Waals surface area contributed by atoms with Crippen LogP contribution in [0, 0.1) is 0 Å². The number of rotatable bonds is 11. The van der Waals surface area contributed by atoms with E-state index >= 15 is 0 Å². The molecular formula is C23H23ClN4O9. The fourth-order valence-electron chi connectivity index (χ4n) is 3.54. The third-order valence-corrected chi connectivity index (χ3v) is 5.86. The van der Waals surface area contributed by atoms with Crippen LogP contribution in [0.1, 0.15) is 23.6 Å².